The fraction of sp³-hybridized carbons (Fsp3) is 0.0794. The van der Waals surface area contributed by atoms with Gasteiger partial charge in [-0.05, 0) is 141 Å². The van der Waals surface area contributed by atoms with Crippen LogP contribution in [0.4, 0.5) is 17.1 Å². The number of allylic oxidation sites excluding steroid dienone is 3. The lowest BCUT2D eigenvalue weighted by atomic mass is 9.81. The van der Waals surface area contributed by atoms with E-state index in [-0.39, 0.29) is 5.41 Å². The molecule has 12 rings (SSSR count). The molecule has 9 aromatic carbocycles. The summed E-state index contributed by atoms with van der Waals surface area (Å²) in [6.45, 7) is 6.94. The molecule has 0 radical (unpaired) electrons. The average molecular weight is 849 g/mol. The van der Waals surface area contributed by atoms with Crippen LogP contribution < -0.4 is 4.90 Å². The van der Waals surface area contributed by atoms with E-state index < -0.39 is 0 Å². The molecule has 11 aromatic rings. The molecule has 66 heavy (non-hydrogen) atoms. The third-order valence-corrected chi connectivity index (χ3v) is 13.7. The summed E-state index contributed by atoms with van der Waals surface area (Å²) in [5.74, 6) is 0. The van der Waals surface area contributed by atoms with Crippen LogP contribution in [0.25, 0.3) is 88.9 Å². The Morgan fingerprint density at radius 2 is 1.09 bits per heavy atom. The largest absolute Gasteiger partial charge is 0.456 e. The Morgan fingerprint density at radius 1 is 0.485 bits per heavy atom. The first-order valence-corrected chi connectivity index (χ1v) is 23.1. The van der Waals surface area contributed by atoms with Crippen LogP contribution in [-0.4, -0.2) is 4.57 Å². The molecule has 0 fully saturated rings. The van der Waals surface area contributed by atoms with Crippen LogP contribution in [0.2, 0.25) is 0 Å². The molecule has 0 saturated carbocycles. The molecule has 3 heteroatoms. The molecule has 0 atom stereocenters. The monoisotopic (exact) mass is 848 g/mol. The molecule has 2 heterocycles. The Labute approximate surface area is 385 Å². The van der Waals surface area contributed by atoms with Gasteiger partial charge in [-0.2, -0.15) is 0 Å². The topological polar surface area (TPSA) is 21.3 Å². The number of aromatic nitrogens is 1. The van der Waals surface area contributed by atoms with E-state index in [1.165, 1.54) is 60.9 Å². The molecular formula is C63H48N2O. The Hall–Kier alpha value is -8.14. The SMILES string of the molecule is CC/C=C\C=C/c1ccccc1N(c1ccc(-c2ccc3oc4ccccc4c3c2)cc1)c1ccc2c(c1)C(C)(C)c1cc(-c3ccc4c(c3)c3ccccc3n4-c3ccccc3)ccc1-2. The highest BCUT2D eigenvalue weighted by atomic mass is 16.3. The molecular weight excluding hydrogens is 801 g/mol. The summed E-state index contributed by atoms with van der Waals surface area (Å²) in [5.41, 5.74) is 19.7. The van der Waals surface area contributed by atoms with Crippen molar-refractivity contribution in [3.63, 3.8) is 0 Å². The minimum Gasteiger partial charge on any atom is -0.456 e. The summed E-state index contributed by atoms with van der Waals surface area (Å²) in [6, 6.07) is 73.1. The average Bonchev–Trinajstić information content (AvgIpc) is 3.98. The van der Waals surface area contributed by atoms with Crippen molar-refractivity contribution in [2.75, 3.05) is 4.90 Å². The van der Waals surface area contributed by atoms with Crippen molar-refractivity contribution in [1.82, 2.24) is 4.57 Å². The number of nitrogens with zero attached hydrogens (tertiary/aromatic N) is 2. The first-order valence-electron chi connectivity index (χ1n) is 23.1. The summed E-state index contributed by atoms with van der Waals surface area (Å²) in [4.78, 5) is 2.42. The second kappa shape index (κ2) is 15.8. The van der Waals surface area contributed by atoms with Crippen LogP contribution >= 0.6 is 0 Å². The predicted molar refractivity (Wildman–Crippen MR) is 280 cm³/mol. The second-order valence-corrected chi connectivity index (χ2v) is 18.0. The van der Waals surface area contributed by atoms with Gasteiger partial charge in [0.25, 0.3) is 0 Å². The Kier molecular flexibility index (Phi) is 9.46. The standard InChI is InChI=1S/C63H48N2O/c1-4-5-6-8-17-43-18-11-14-23-58(43)64(48-31-26-42(27-32-48)44-30-37-62-55(39-44)53-22-13-16-25-61(53)66-62)49-33-35-51-50-34-28-46(40-56(50)63(2,3)57(51)41-49)45-29-36-60-54(38-45)52-21-12-15-24-59(52)65(60)47-19-9-7-10-20-47/h5-41H,4H2,1-3H3/b6-5-,17-8-. The van der Waals surface area contributed by atoms with Gasteiger partial charge in [-0.25, -0.2) is 0 Å². The van der Waals surface area contributed by atoms with Crippen molar-refractivity contribution in [2.45, 2.75) is 32.6 Å². The summed E-state index contributed by atoms with van der Waals surface area (Å²) < 4.78 is 8.54. The van der Waals surface area contributed by atoms with Gasteiger partial charge in [-0.3, -0.25) is 0 Å². The first kappa shape index (κ1) is 39.5. The number of para-hydroxylation sites is 4. The van der Waals surface area contributed by atoms with Crippen molar-refractivity contribution in [1.29, 1.82) is 0 Å². The van der Waals surface area contributed by atoms with Gasteiger partial charge in [-0.1, -0.05) is 160 Å². The fourth-order valence-electron chi connectivity index (χ4n) is 10.4. The van der Waals surface area contributed by atoms with Gasteiger partial charge >= 0.3 is 0 Å². The Balaban J connectivity index is 0.935. The van der Waals surface area contributed by atoms with E-state index in [9.17, 15) is 0 Å². The van der Waals surface area contributed by atoms with Crippen molar-refractivity contribution in [3.8, 4) is 39.1 Å². The van der Waals surface area contributed by atoms with Crippen LogP contribution in [-0.2, 0) is 5.41 Å². The van der Waals surface area contributed by atoms with E-state index in [2.05, 4.69) is 243 Å². The normalized spacial score (nSPS) is 13.1. The van der Waals surface area contributed by atoms with Gasteiger partial charge < -0.3 is 13.9 Å². The zero-order chi connectivity index (χ0) is 44.4. The van der Waals surface area contributed by atoms with E-state index in [0.29, 0.717) is 0 Å². The minimum absolute atomic E-state index is 0.236. The lowest BCUT2D eigenvalue weighted by Gasteiger charge is -2.29. The number of rotatable bonds is 9. The molecule has 0 N–H and O–H groups in total. The lowest BCUT2D eigenvalue weighted by molar-refractivity contribution is 0.660. The summed E-state index contributed by atoms with van der Waals surface area (Å²) in [6.07, 6.45) is 9.70. The first-order chi connectivity index (χ1) is 32.4. The summed E-state index contributed by atoms with van der Waals surface area (Å²) in [5, 5.41) is 4.79. The van der Waals surface area contributed by atoms with Crippen LogP contribution in [0.3, 0.4) is 0 Å². The van der Waals surface area contributed by atoms with Gasteiger partial charge in [0.1, 0.15) is 11.2 Å². The smallest absolute Gasteiger partial charge is 0.135 e. The van der Waals surface area contributed by atoms with Gasteiger partial charge in [0.2, 0.25) is 0 Å². The molecule has 3 nitrogen and oxygen atoms in total. The number of hydrogen-bond donors (Lipinski definition) is 0. The van der Waals surface area contributed by atoms with E-state index >= 15 is 0 Å². The molecule has 0 amide bonds. The maximum atomic E-state index is 6.16. The van der Waals surface area contributed by atoms with Crippen LogP contribution in [0.5, 0.6) is 0 Å². The van der Waals surface area contributed by atoms with Gasteiger partial charge in [-0.15, -0.1) is 0 Å². The second-order valence-electron chi connectivity index (χ2n) is 18.0. The molecule has 0 bridgehead atoms. The van der Waals surface area contributed by atoms with Crippen molar-refractivity contribution in [3.05, 3.63) is 235 Å². The molecule has 316 valence electrons. The van der Waals surface area contributed by atoms with E-state index in [0.717, 1.165) is 62.1 Å². The third-order valence-electron chi connectivity index (χ3n) is 13.7. The highest BCUT2D eigenvalue weighted by Crippen LogP contribution is 2.52. The molecule has 2 aromatic heterocycles. The zero-order valence-electron chi connectivity index (χ0n) is 37.4. The van der Waals surface area contributed by atoms with Crippen molar-refractivity contribution >= 4 is 66.9 Å². The molecule has 0 unspecified atom stereocenters. The molecule has 1 aliphatic carbocycles. The molecule has 0 aliphatic heterocycles. The maximum absolute atomic E-state index is 6.16. The third kappa shape index (κ3) is 6.50. The van der Waals surface area contributed by atoms with Gasteiger partial charge in [0.05, 0.1) is 16.7 Å². The fourth-order valence-corrected chi connectivity index (χ4v) is 10.4. The summed E-state index contributed by atoms with van der Waals surface area (Å²) in [7, 11) is 0. The Bertz CT molecular complexity index is 3710. The zero-order valence-corrected chi connectivity index (χ0v) is 37.4. The summed E-state index contributed by atoms with van der Waals surface area (Å²) >= 11 is 0. The number of fused-ring (bicyclic) bond motifs is 9. The van der Waals surface area contributed by atoms with Gasteiger partial charge in [0.15, 0.2) is 0 Å². The van der Waals surface area contributed by atoms with E-state index in [1.807, 2.05) is 12.1 Å². The van der Waals surface area contributed by atoms with Crippen molar-refractivity contribution < 1.29 is 4.42 Å². The molecule has 1 aliphatic rings. The highest BCUT2D eigenvalue weighted by Gasteiger charge is 2.36. The number of furan rings is 1. The lowest BCUT2D eigenvalue weighted by Crippen LogP contribution is -2.17. The van der Waals surface area contributed by atoms with E-state index in [1.54, 1.807) is 0 Å². The highest BCUT2D eigenvalue weighted by molar-refractivity contribution is 6.11. The quantitative estimate of drug-likeness (QED) is 0.135. The minimum atomic E-state index is -0.236. The van der Waals surface area contributed by atoms with Crippen LogP contribution in [0.15, 0.2) is 223 Å². The number of anilines is 3. The number of hydrogen-bond acceptors (Lipinski definition) is 2. The van der Waals surface area contributed by atoms with E-state index in [4.69, 9.17) is 4.42 Å². The molecule has 0 saturated heterocycles. The van der Waals surface area contributed by atoms with Crippen LogP contribution in [0.1, 0.15) is 43.9 Å². The van der Waals surface area contributed by atoms with Crippen LogP contribution in [0, 0.1) is 0 Å². The molecule has 0 spiro atoms. The maximum Gasteiger partial charge on any atom is 0.135 e. The number of benzene rings is 9. The van der Waals surface area contributed by atoms with Crippen molar-refractivity contribution in [2.24, 2.45) is 0 Å². The Morgan fingerprint density at radius 3 is 1.94 bits per heavy atom. The van der Waals surface area contributed by atoms with Gasteiger partial charge in [0, 0.05) is 44.0 Å². The predicted octanol–water partition coefficient (Wildman–Crippen LogP) is 17.8.